The van der Waals surface area contributed by atoms with E-state index < -0.39 is 5.72 Å². The SMILES string of the molecule is OC1(c2ccc(Br)cc2)CSc2nc(-c3ccccc3)nn21. The second kappa shape index (κ2) is 5.22. The minimum atomic E-state index is -1.15. The summed E-state index contributed by atoms with van der Waals surface area (Å²) in [7, 11) is 0. The molecule has 1 aromatic heterocycles. The van der Waals surface area contributed by atoms with E-state index in [0.29, 0.717) is 11.6 Å². The van der Waals surface area contributed by atoms with Crippen LogP contribution >= 0.6 is 27.7 Å². The molecule has 0 saturated carbocycles. The zero-order chi connectivity index (χ0) is 15.2. The van der Waals surface area contributed by atoms with Gasteiger partial charge in [0.1, 0.15) is 0 Å². The van der Waals surface area contributed by atoms with Crippen LogP contribution in [0.2, 0.25) is 0 Å². The fourth-order valence-corrected chi connectivity index (χ4v) is 3.84. The van der Waals surface area contributed by atoms with Gasteiger partial charge in [-0.2, -0.15) is 0 Å². The van der Waals surface area contributed by atoms with Gasteiger partial charge in [0.2, 0.25) is 0 Å². The Morgan fingerprint density at radius 3 is 2.55 bits per heavy atom. The molecule has 110 valence electrons. The molecule has 1 aliphatic heterocycles. The van der Waals surface area contributed by atoms with E-state index >= 15 is 0 Å². The van der Waals surface area contributed by atoms with Crippen molar-refractivity contribution in [1.82, 2.24) is 14.8 Å². The van der Waals surface area contributed by atoms with Crippen LogP contribution in [0.1, 0.15) is 5.56 Å². The van der Waals surface area contributed by atoms with Crippen molar-refractivity contribution < 1.29 is 5.11 Å². The van der Waals surface area contributed by atoms with Crippen LogP contribution in [0, 0.1) is 0 Å². The van der Waals surface area contributed by atoms with Crippen LogP contribution in [0.25, 0.3) is 11.4 Å². The Morgan fingerprint density at radius 2 is 1.82 bits per heavy atom. The number of benzene rings is 2. The first-order valence-electron chi connectivity index (χ1n) is 6.81. The van der Waals surface area contributed by atoms with E-state index in [-0.39, 0.29) is 0 Å². The lowest BCUT2D eigenvalue weighted by atomic mass is 10.1. The number of rotatable bonds is 2. The molecule has 0 bridgehead atoms. The highest BCUT2D eigenvalue weighted by Gasteiger charge is 2.41. The molecule has 4 nitrogen and oxygen atoms in total. The first kappa shape index (κ1) is 14.0. The van der Waals surface area contributed by atoms with Crippen molar-refractivity contribution in [2.45, 2.75) is 10.9 Å². The van der Waals surface area contributed by atoms with Gasteiger partial charge in [0.05, 0.1) is 5.75 Å². The van der Waals surface area contributed by atoms with E-state index in [4.69, 9.17) is 0 Å². The molecule has 22 heavy (non-hydrogen) atoms. The maximum Gasteiger partial charge on any atom is 0.196 e. The third-order valence-corrected chi connectivity index (χ3v) is 5.27. The first-order valence-corrected chi connectivity index (χ1v) is 8.59. The Balaban J connectivity index is 1.79. The summed E-state index contributed by atoms with van der Waals surface area (Å²) in [5.41, 5.74) is 0.607. The highest BCUT2D eigenvalue weighted by molar-refractivity contribution is 9.10. The van der Waals surface area contributed by atoms with Gasteiger partial charge >= 0.3 is 0 Å². The summed E-state index contributed by atoms with van der Waals surface area (Å²) in [5, 5.41) is 16.4. The van der Waals surface area contributed by atoms with Gasteiger partial charge in [-0.15, -0.1) is 5.10 Å². The average molecular weight is 374 g/mol. The van der Waals surface area contributed by atoms with Crippen LogP contribution in [0.3, 0.4) is 0 Å². The molecule has 0 radical (unpaired) electrons. The molecule has 0 aliphatic carbocycles. The molecule has 2 aromatic carbocycles. The summed E-state index contributed by atoms with van der Waals surface area (Å²) in [5.74, 6) is 1.15. The highest BCUT2D eigenvalue weighted by atomic mass is 79.9. The van der Waals surface area contributed by atoms with E-state index in [1.807, 2.05) is 54.6 Å². The number of nitrogens with zero attached hydrogens (tertiary/aromatic N) is 3. The molecule has 1 N–H and O–H groups in total. The molecular formula is C16H12BrN3OS. The molecule has 0 saturated heterocycles. The number of thioether (sulfide) groups is 1. The van der Waals surface area contributed by atoms with Crippen molar-refractivity contribution in [3.8, 4) is 11.4 Å². The van der Waals surface area contributed by atoms with E-state index in [1.54, 1.807) is 4.68 Å². The highest BCUT2D eigenvalue weighted by Crippen LogP contribution is 2.40. The number of halogens is 1. The maximum atomic E-state index is 11.1. The van der Waals surface area contributed by atoms with Gasteiger partial charge in [0.25, 0.3) is 0 Å². The van der Waals surface area contributed by atoms with Crippen molar-refractivity contribution >= 4 is 27.7 Å². The Bertz CT molecular complexity index is 819. The topological polar surface area (TPSA) is 50.9 Å². The zero-order valence-electron chi connectivity index (χ0n) is 11.5. The number of hydrogen-bond donors (Lipinski definition) is 1. The average Bonchev–Trinajstić information content (AvgIpc) is 3.11. The summed E-state index contributed by atoms with van der Waals surface area (Å²) in [6.07, 6.45) is 0. The fraction of sp³-hybridized carbons (Fsp3) is 0.125. The van der Waals surface area contributed by atoms with E-state index in [0.717, 1.165) is 20.8 Å². The molecule has 4 rings (SSSR count). The molecule has 1 unspecified atom stereocenters. The van der Waals surface area contributed by atoms with Gasteiger partial charge in [-0.05, 0) is 12.1 Å². The number of hydrogen-bond acceptors (Lipinski definition) is 4. The van der Waals surface area contributed by atoms with Crippen molar-refractivity contribution in [3.05, 3.63) is 64.6 Å². The molecule has 1 atom stereocenters. The molecular weight excluding hydrogens is 362 g/mol. The second-order valence-electron chi connectivity index (χ2n) is 5.11. The summed E-state index contributed by atoms with van der Waals surface area (Å²) in [6.45, 7) is 0. The van der Waals surface area contributed by atoms with Crippen LogP contribution in [-0.4, -0.2) is 25.6 Å². The second-order valence-corrected chi connectivity index (χ2v) is 6.97. The van der Waals surface area contributed by atoms with Crippen LogP contribution in [0.4, 0.5) is 0 Å². The summed E-state index contributed by atoms with van der Waals surface area (Å²) in [6, 6.07) is 17.5. The third kappa shape index (κ3) is 2.18. The molecule has 2 heterocycles. The summed E-state index contributed by atoms with van der Waals surface area (Å²) < 4.78 is 2.61. The molecule has 0 amide bonds. The molecule has 0 spiro atoms. The molecule has 1 aliphatic rings. The third-order valence-electron chi connectivity index (χ3n) is 3.67. The molecule has 0 fully saturated rings. The smallest absolute Gasteiger partial charge is 0.196 e. The Kier molecular flexibility index (Phi) is 3.32. The first-order chi connectivity index (χ1) is 10.7. The monoisotopic (exact) mass is 373 g/mol. The van der Waals surface area contributed by atoms with Gasteiger partial charge in [-0.1, -0.05) is 70.2 Å². The van der Waals surface area contributed by atoms with Gasteiger partial charge in [-0.3, -0.25) is 0 Å². The van der Waals surface area contributed by atoms with Gasteiger partial charge in [0.15, 0.2) is 16.7 Å². The minimum Gasteiger partial charge on any atom is -0.365 e. The van der Waals surface area contributed by atoms with Gasteiger partial charge in [-0.25, -0.2) is 9.67 Å². The van der Waals surface area contributed by atoms with E-state index in [2.05, 4.69) is 26.0 Å². The van der Waals surface area contributed by atoms with Crippen molar-refractivity contribution in [1.29, 1.82) is 0 Å². The Labute approximate surface area is 140 Å². The lowest BCUT2D eigenvalue weighted by Crippen LogP contribution is -2.34. The quantitative estimate of drug-likeness (QED) is 0.746. The summed E-state index contributed by atoms with van der Waals surface area (Å²) in [4.78, 5) is 4.55. The number of aromatic nitrogens is 3. The lowest BCUT2D eigenvalue weighted by Gasteiger charge is -2.23. The zero-order valence-corrected chi connectivity index (χ0v) is 13.9. The minimum absolute atomic E-state index is 0.513. The normalized spacial score (nSPS) is 20.1. The molecule has 3 aromatic rings. The van der Waals surface area contributed by atoms with Crippen LogP contribution in [0.15, 0.2) is 64.2 Å². The lowest BCUT2D eigenvalue weighted by molar-refractivity contribution is 0.0158. The predicted octanol–water partition coefficient (Wildman–Crippen LogP) is 3.51. The van der Waals surface area contributed by atoms with Crippen molar-refractivity contribution in [2.75, 3.05) is 5.75 Å². The standard InChI is InChI=1S/C16H12BrN3OS/c17-13-8-6-12(7-9-13)16(21)10-22-15-18-14(19-20(15)16)11-4-2-1-3-5-11/h1-9,21H,10H2. The van der Waals surface area contributed by atoms with E-state index in [9.17, 15) is 5.11 Å². The van der Waals surface area contributed by atoms with Crippen LogP contribution < -0.4 is 0 Å². The molecule has 6 heteroatoms. The maximum absolute atomic E-state index is 11.1. The van der Waals surface area contributed by atoms with Crippen molar-refractivity contribution in [2.24, 2.45) is 0 Å². The fourth-order valence-electron chi connectivity index (χ4n) is 2.49. The number of aliphatic hydroxyl groups is 1. The predicted molar refractivity (Wildman–Crippen MR) is 89.6 cm³/mol. The van der Waals surface area contributed by atoms with Gasteiger partial charge in [0, 0.05) is 15.6 Å². The van der Waals surface area contributed by atoms with E-state index in [1.165, 1.54) is 11.8 Å². The Morgan fingerprint density at radius 1 is 1.09 bits per heavy atom. The largest absolute Gasteiger partial charge is 0.365 e. The summed E-state index contributed by atoms with van der Waals surface area (Å²) >= 11 is 4.93. The van der Waals surface area contributed by atoms with Crippen LogP contribution in [0.5, 0.6) is 0 Å². The van der Waals surface area contributed by atoms with Crippen molar-refractivity contribution in [3.63, 3.8) is 0 Å². The number of fused-ring (bicyclic) bond motifs is 1. The Hall–Kier alpha value is -1.63. The van der Waals surface area contributed by atoms with Gasteiger partial charge < -0.3 is 5.11 Å². The van der Waals surface area contributed by atoms with Crippen LogP contribution in [-0.2, 0) is 5.72 Å².